The van der Waals surface area contributed by atoms with Gasteiger partial charge in [0.25, 0.3) is 0 Å². The molecule has 2 rings (SSSR count). The predicted molar refractivity (Wildman–Crippen MR) is 127 cm³/mol. The number of rotatable bonds is 7. The average molecular weight is 508 g/mol. The van der Waals surface area contributed by atoms with E-state index in [-0.39, 0.29) is 29.8 Å². The second-order valence-electron chi connectivity index (χ2n) is 7.17. The standard InChI is InChI=1S/C20H33FN4S.HI/c1-5-26-18-8-6-7-17(12-18)24-20(22-2)23-13-15-9-10-19(21)16(11-15)14-25(3)4;/h9-11,17-18H,5-8,12-14H2,1-4H3,(H2,22,23,24);1H. The zero-order valence-electron chi connectivity index (χ0n) is 16.9. The Morgan fingerprint density at radius 3 is 2.78 bits per heavy atom. The first-order valence-corrected chi connectivity index (χ1v) is 10.6. The van der Waals surface area contributed by atoms with Crippen LogP contribution in [-0.4, -0.2) is 49.0 Å². The minimum absolute atomic E-state index is 0. The predicted octanol–water partition coefficient (Wildman–Crippen LogP) is 4.23. The Balaban J connectivity index is 0.00000364. The maximum absolute atomic E-state index is 13.9. The highest BCUT2D eigenvalue weighted by Gasteiger charge is 2.22. The van der Waals surface area contributed by atoms with Crippen molar-refractivity contribution in [3.63, 3.8) is 0 Å². The normalized spacial score (nSPS) is 20.3. The minimum atomic E-state index is -0.147. The number of hydrogen-bond acceptors (Lipinski definition) is 3. The summed E-state index contributed by atoms with van der Waals surface area (Å²) in [5.74, 6) is 1.87. The second kappa shape index (κ2) is 12.8. The summed E-state index contributed by atoms with van der Waals surface area (Å²) >= 11 is 2.07. The molecule has 0 radical (unpaired) electrons. The summed E-state index contributed by atoms with van der Waals surface area (Å²) in [6.45, 7) is 3.47. The van der Waals surface area contributed by atoms with Crippen LogP contribution in [-0.2, 0) is 13.1 Å². The highest BCUT2D eigenvalue weighted by molar-refractivity contribution is 14.0. The SMILES string of the molecule is CCSC1CCCC(NC(=NC)NCc2ccc(F)c(CN(C)C)c2)C1.I. The van der Waals surface area contributed by atoms with Gasteiger partial charge in [-0.25, -0.2) is 4.39 Å². The van der Waals surface area contributed by atoms with Gasteiger partial charge >= 0.3 is 0 Å². The second-order valence-corrected chi connectivity index (χ2v) is 8.75. The molecule has 0 amide bonds. The highest BCUT2D eigenvalue weighted by atomic mass is 127. The van der Waals surface area contributed by atoms with E-state index >= 15 is 0 Å². The minimum Gasteiger partial charge on any atom is -0.354 e. The summed E-state index contributed by atoms with van der Waals surface area (Å²) in [5, 5.41) is 7.70. The molecule has 0 bridgehead atoms. The van der Waals surface area contributed by atoms with Gasteiger partial charge in [0, 0.05) is 37.0 Å². The lowest BCUT2D eigenvalue weighted by Crippen LogP contribution is -2.45. The van der Waals surface area contributed by atoms with Crippen molar-refractivity contribution in [3.8, 4) is 0 Å². The Kier molecular flexibility index (Phi) is 11.6. The Hall–Kier alpha value is -0.540. The molecule has 0 spiro atoms. The fourth-order valence-corrected chi connectivity index (χ4v) is 4.61. The molecule has 1 aliphatic carbocycles. The lowest BCUT2D eigenvalue weighted by atomic mass is 9.95. The third-order valence-electron chi connectivity index (χ3n) is 4.65. The van der Waals surface area contributed by atoms with Crippen LogP contribution in [0.25, 0.3) is 0 Å². The molecule has 1 aromatic rings. The molecule has 27 heavy (non-hydrogen) atoms. The molecular weight excluding hydrogens is 474 g/mol. The number of halogens is 2. The van der Waals surface area contributed by atoms with Crippen molar-refractivity contribution in [3.05, 3.63) is 35.1 Å². The summed E-state index contributed by atoms with van der Waals surface area (Å²) in [6.07, 6.45) is 5.00. The molecule has 0 aromatic heterocycles. The summed E-state index contributed by atoms with van der Waals surface area (Å²) in [4.78, 5) is 6.34. The van der Waals surface area contributed by atoms with Crippen LogP contribution in [0.2, 0.25) is 0 Å². The number of nitrogens with zero attached hydrogens (tertiary/aromatic N) is 2. The van der Waals surface area contributed by atoms with Gasteiger partial charge in [0.05, 0.1) is 0 Å². The molecule has 0 saturated heterocycles. The fourth-order valence-electron chi connectivity index (χ4n) is 3.44. The average Bonchev–Trinajstić information content (AvgIpc) is 2.61. The van der Waals surface area contributed by atoms with Crippen LogP contribution in [0.1, 0.15) is 43.7 Å². The number of hydrogen-bond donors (Lipinski definition) is 2. The Bertz CT molecular complexity index is 595. The molecule has 2 atom stereocenters. The van der Waals surface area contributed by atoms with Gasteiger partial charge in [-0.2, -0.15) is 11.8 Å². The first-order valence-electron chi connectivity index (χ1n) is 9.52. The molecule has 0 aliphatic heterocycles. The largest absolute Gasteiger partial charge is 0.354 e. The molecule has 7 heteroatoms. The number of benzene rings is 1. The smallest absolute Gasteiger partial charge is 0.191 e. The summed E-state index contributed by atoms with van der Waals surface area (Å²) < 4.78 is 13.9. The van der Waals surface area contributed by atoms with Crippen LogP contribution < -0.4 is 10.6 Å². The molecule has 1 fully saturated rings. The first kappa shape index (κ1) is 24.5. The van der Waals surface area contributed by atoms with E-state index in [1.54, 1.807) is 13.1 Å². The van der Waals surface area contributed by atoms with Crippen molar-refractivity contribution >= 4 is 41.7 Å². The summed E-state index contributed by atoms with van der Waals surface area (Å²) in [6, 6.07) is 5.81. The molecule has 0 heterocycles. The maximum atomic E-state index is 13.9. The van der Waals surface area contributed by atoms with Gasteiger partial charge in [-0.3, -0.25) is 4.99 Å². The first-order chi connectivity index (χ1) is 12.5. The van der Waals surface area contributed by atoms with Crippen molar-refractivity contribution in [1.29, 1.82) is 0 Å². The topological polar surface area (TPSA) is 39.7 Å². The number of guanidine groups is 1. The van der Waals surface area contributed by atoms with Gasteiger partial charge in [-0.15, -0.1) is 24.0 Å². The van der Waals surface area contributed by atoms with Crippen LogP contribution >= 0.6 is 35.7 Å². The summed E-state index contributed by atoms with van der Waals surface area (Å²) in [5.41, 5.74) is 1.79. The van der Waals surface area contributed by atoms with Gasteiger partial charge in [-0.05, 0) is 56.8 Å². The maximum Gasteiger partial charge on any atom is 0.191 e. The Labute approximate surface area is 185 Å². The van der Waals surface area contributed by atoms with Crippen molar-refractivity contribution in [1.82, 2.24) is 15.5 Å². The van der Waals surface area contributed by atoms with Crippen LogP contribution in [0.5, 0.6) is 0 Å². The molecule has 154 valence electrons. The Morgan fingerprint density at radius 2 is 2.11 bits per heavy atom. The van der Waals surface area contributed by atoms with Crippen LogP contribution in [0, 0.1) is 5.82 Å². The van der Waals surface area contributed by atoms with Gasteiger partial charge in [-0.1, -0.05) is 19.4 Å². The number of nitrogens with one attached hydrogen (secondary N) is 2. The van der Waals surface area contributed by atoms with Crippen molar-refractivity contribution in [2.75, 3.05) is 26.9 Å². The lowest BCUT2D eigenvalue weighted by molar-refractivity contribution is 0.392. The molecule has 4 nitrogen and oxygen atoms in total. The van der Waals surface area contributed by atoms with E-state index in [1.165, 1.54) is 31.4 Å². The lowest BCUT2D eigenvalue weighted by Gasteiger charge is -2.30. The van der Waals surface area contributed by atoms with E-state index in [2.05, 4.69) is 34.3 Å². The van der Waals surface area contributed by atoms with E-state index in [0.29, 0.717) is 19.1 Å². The van der Waals surface area contributed by atoms with E-state index in [1.807, 2.05) is 31.1 Å². The third kappa shape index (κ3) is 8.56. The number of thioether (sulfide) groups is 1. The number of aliphatic imine (C=N–C) groups is 1. The van der Waals surface area contributed by atoms with E-state index in [9.17, 15) is 4.39 Å². The van der Waals surface area contributed by atoms with Crippen LogP contribution in [0.15, 0.2) is 23.2 Å². The van der Waals surface area contributed by atoms with Gasteiger partial charge in [0.2, 0.25) is 0 Å². The van der Waals surface area contributed by atoms with Crippen molar-refractivity contribution < 1.29 is 4.39 Å². The molecular formula is C20H34FIN4S. The quantitative estimate of drug-likeness (QED) is 0.329. The van der Waals surface area contributed by atoms with Crippen LogP contribution in [0.3, 0.4) is 0 Å². The van der Waals surface area contributed by atoms with Crippen molar-refractivity contribution in [2.24, 2.45) is 4.99 Å². The van der Waals surface area contributed by atoms with Crippen molar-refractivity contribution in [2.45, 2.75) is 57.0 Å². The molecule has 1 aromatic carbocycles. The van der Waals surface area contributed by atoms with E-state index in [4.69, 9.17) is 0 Å². The zero-order chi connectivity index (χ0) is 18.9. The van der Waals surface area contributed by atoms with E-state index in [0.717, 1.165) is 22.3 Å². The fraction of sp³-hybridized carbons (Fsp3) is 0.650. The zero-order valence-corrected chi connectivity index (χ0v) is 20.1. The molecule has 2 unspecified atom stereocenters. The molecule has 1 saturated carbocycles. The van der Waals surface area contributed by atoms with Crippen LogP contribution in [0.4, 0.5) is 4.39 Å². The summed E-state index contributed by atoms with van der Waals surface area (Å²) in [7, 11) is 5.70. The van der Waals surface area contributed by atoms with Gasteiger partial charge in [0.1, 0.15) is 5.82 Å². The Morgan fingerprint density at radius 1 is 1.33 bits per heavy atom. The molecule has 2 N–H and O–H groups in total. The molecule has 1 aliphatic rings. The highest BCUT2D eigenvalue weighted by Crippen LogP contribution is 2.28. The van der Waals surface area contributed by atoms with E-state index < -0.39 is 0 Å². The monoisotopic (exact) mass is 508 g/mol. The van der Waals surface area contributed by atoms with Gasteiger partial charge < -0.3 is 15.5 Å². The third-order valence-corrected chi connectivity index (χ3v) is 5.88. The van der Waals surface area contributed by atoms with Gasteiger partial charge in [0.15, 0.2) is 5.96 Å².